The number of hydrogen-bond acceptors (Lipinski definition) is 4. The first-order valence-electron chi connectivity index (χ1n) is 5.08. The largest absolute Gasteiger partial charge is 0.449 e. The van der Waals surface area contributed by atoms with Crippen molar-refractivity contribution >= 4 is 37.9 Å². The molecule has 0 aliphatic heterocycles. The van der Waals surface area contributed by atoms with E-state index in [2.05, 4.69) is 25.4 Å². The highest BCUT2D eigenvalue weighted by Crippen LogP contribution is 2.26. The molecular formula is C10H13BrN2O4S. The number of carbonyl (C=O) groups is 1. The van der Waals surface area contributed by atoms with Crippen LogP contribution in [0.3, 0.4) is 0 Å². The van der Waals surface area contributed by atoms with Crippen LogP contribution in [-0.4, -0.2) is 21.1 Å². The summed E-state index contributed by atoms with van der Waals surface area (Å²) in [6.07, 6.45) is -1.02. The maximum Gasteiger partial charge on any atom is 0.422 e. The van der Waals surface area contributed by atoms with Gasteiger partial charge in [0.15, 0.2) is 0 Å². The van der Waals surface area contributed by atoms with Crippen LogP contribution >= 0.6 is 15.9 Å². The first-order valence-corrected chi connectivity index (χ1v) is 7.35. The summed E-state index contributed by atoms with van der Waals surface area (Å²) < 4.78 is 32.3. The lowest BCUT2D eigenvalue weighted by Gasteiger charge is -2.11. The topological polar surface area (TPSA) is 84.5 Å². The molecule has 100 valence electrons. The van der Waals surface area contributed by atoms with E-state index in [1.54, 1.807) is 23.8 Å². The van der Waals surface area contributed by atoms with Crippen LogP contribution in [0, 0.1) is 6.92 Å². The SMILES string of the molecule is CCOC(=O)NS(=O)(=O)Nc1cccc(C)c1Br. The van der Waals surface area contributed by atoms with Crippen LogP contribution in [0.25, 0.3) is 0 Å². The number of carbonyl (C=O) groups excluding carboxylic acids is 1. The molecule has 1 rings (SSSR count). The maximum absolute atomic E-state index is 11.6. The van der Waals surface area contributed by atoms with Crippen LogP contribution in [-0.2, 0) is 14.9 Å². The van der Waals surface area contributed by atoms with Gasteiger partial charge >= 0.3 is 16.3 Å². The van der Waals surface area contributed by atoms with E-state index in [0.29, 0.717) is 10.2 Å². The number of anilines is 1. The van der Waals surface area contributed by atoms with E-state index in [-0.39, 0.29) is 6.61 Å². The fraction of sp³-hybridized carbons (Fsp3) is 0.300. The summed E-state index contributed by atoms with van der Waals surface area (Å²) in [4.78, 5) is 11.0. The molecule has 0 fully saturated rings. The Kier molecular flexibility index (Phi) is 4.97. The molecule has 18 heavy (non-hydrogen) atoms. The van der Waals surface area contributed by atoms with E-state index in [0.717, 1.165) is 5.56 Å². The molecule has 2 N–H and O–H groups in total. The lowest BCUT2D eigenvalue weighted by atomic mass is 10.2. The Morgan fingerprint density at radius 3 is 2.72 bits per heavy atom. The van der Waals surface area contributed by atoms with Gasteiger partial charge in [0.25, 0.3) is 0 Å². The zero-order chi connectivity index (χ0) is 13.8. The number of amides is 1. The van der Waals surface area contributed by atoms with E-state index in [4.69, 9.17) is 0 Å². The van der Waals surface area contributed by atoms with Gasteiger partial charge < -0.3 is 4.74 Å². The normalized spacial score (nSPS) is 10.8. The Bertz CT molecular complexity index is 545. The number of benzene rings is 1. The molecule has 0 radical (unpaired) electrons. The molecule has 0 saturated carbocycles. The van der Waals surface area contributed by atoms with Gasteiger partial charge in [-0.1, -0.05) is 12.1 Å². The van der Waals surface area contributed by atoms with E-state index in [9.17, 15) is 13.2 Å². The number of halogens is 1. The Balaban J connectivity index is 2.83. The van der Waals surface area contributed by atoms with Crippen LogP contribution in [0.15, 0.2) is 22.7 Å². The lowest BCUT2D eigenvalue weighted by molar-refractivity contribution is 0.159. The third-order valence-corrected chi connectivity index (χ3v) is 3.91. The van der Waals surface area contributed by atoms with Gasteiger partial charge in [-0.3, -0.25) is 4.72 Å². The third-order valence-electron chi connectivity index (χ3n) is 1.93. The molecule has 0 heterocycles. The van der Waals surface area contributed by atoms with Gasteiger partial charge in [-0.25, -0.2) is 9.52 Å². The number of rotatable bonds is 4. The number of hydrogen-bond donors (Lipinski definition) is 2. The van der Waals surface area contributed by atoms with Crippen molar-refractivity contribution in [2.75, 3.05) is 11.3 Å². The molecule has 0 saturated heterocycles. The van der Waals surface area contributed by atoms with E-state index in [1.165, 1.54) is 0 Å². The summed E-state index contributed by atoms with van der Waals surface area (Å²) >= 11 is 3.26. The van der Waals surface area contributed by atoms with Crippen LogP contribution in [0.5, 0.6) is 0 Å². The minimum atomic E-state index is -4.00. The van der Waals surface area contributed by atoms with Gasteiger partial charge in [0.1, 0.15) is 0 Å². The average molecular weight is 337 g/mol. The van der Waals surface area contributed by atoms with E-state index in [1.807, 2.05) is 13.0 Å². The molecule has 0 atom stereocenters. The van der Waals surface area contributed by atoms with Crippen molar-refractivity contribution in [3.63, 3.8) is 0 Å². The fourth-order valence-corrected chi connectivity index (χ4v) is 2.45. The Morgan fingerprint density at radius 1 is 1.44 bits per heavy atom. The summed E-state index contributed by atoms with van der Waals surface area (Å²) in [5.74, 6) is 0. The van der Waals surface area contributed by atoms with Gasteiger partial charge in [-0.2, -0.15) is 8.42 Å². The van der Waals surface area contributed by atoms with Crippen molar-refractivity contribution in [2.45, 2.75) is 13.8 Å². The molecule has 8 heteroatoms. The molecular weight excluding hydrogens is 324 g/mol. The second-order valence-electron chi connectivity index (χ2n) is 3.36. The molecule has 0 aromatic heterocycles. The summed E-state index contributed by atoms with van der Waals surface area (Å²) in [6.45, 7) is 3.49. The zero-order valence-electron chi connectivity index (χ0n) is 9.86. The summed E-state index contributed by atoms with van der Waals surface area (Å²) in [7, 11) is -4.00. The Hall–Kier alpha value is -1.28. The smallest absolute Gasteiger partial charge is 0.422 e. The Morgan fingerprint density at radius 2 is 2.11 bits per heavy atom. The average Bonchev–Trinajstić information content (AvgIpc) is 2.24. The summed E-state index contributed by atoms with van der Waals surface area (Å²) in [5, 5.41) is 0. The summed E-state index contributed by atoms with van der Waals surface area (Å²) in [5.41, 5.74) is 1.21. The molecule has 0 spiro atoms. The van der Waals surface area contributed by atoms with Crippen molar-refractivity contribution in [3.05, 3.63) is 28.2 Å². The highest BCUT2D eigenvalue weighted by atomic mass is 79.9. The third kappa shape index (κ3) is 4.19. The second kappa shape index (κ2) is 6.05. The van der Waals surface area contributed by atoms with Crippen LogP contribution < -0.4 is 9.44 Å². The van der Waals surface area contributed by atoms with Gasteiger partial charge in [0.2, 0.25) is 0 Å². The predicted octanol–water partition coefficient (Wildman–Crippen LogP) is 2.16. The zero-order valence-corrected chi connectivity index (χ0v) is 12.3. The number of nitrogens with one attached hydrogen (secondary N) is 2. The Labute approximate surface area is 114 Å². The van der Waals surface area contributed by atoms with Crippen LogP contribution in [0.4, 0.5) is 10.5 Å². The number of ether oxygens (including phenoxy) is 1. The van der Waals surface area contributed by atoms with Gasteiger partial charge in [-0.05, 0) is 41.4 Å². The first kappa shape index (κ1) is 14.8. The lowest BCUT2D eigenvalue weighted by Crippen LogP contribution is -2.35. The van der Waals surface area contributed by atoms with Gasteiger partial charge in [0.05, 0.1) is 12.3 Å². The molecule has 1 aromatic rings. The number of aryl methyl sites for hydroxylation is 1. The molecule has 1 amide bonds. The molecule has 0 bridgehead atoms. The van der Waals surface area contributed by atoms with Crippen LogP contribution in [0.1, 0.15) is 12.5 Å². The van der Waals surface area contributed by atoms with Gasteiger partial charge in [0, 0.05) is 4.47 Å². The minimum absolute atomic E-state index is 0.0928. The van der Waals surface area contributed by atoms with Crippen molar-refractivity contribution in [3.8, 4) is 0 Å². The van der Waals surface area contributed by atoms with Gasteiger partial charge in [-0.15, -0.1) is 0 Å². The van der Waals surface area contributed by atoms with E-state index < -0.39 is 16.3 Å². The minimum Gasteiger partial charge on any atom is -0.449 e. The molecule has 0 aliphatic carbocycles. The first-order chi connectivity index (χ1) is 8.35. The van der Waals surface area contributed by atoms with Crippen molar-refractivity contribution < 1.29 is 17.9 Å². The van der Waals surface area contributed by atoms with Crippen LogP contribution in [0.2, 0.25) is 0 Å². The monoisotopic (exact) mass is 336 g/mol. The highest BCUT2D eigenvalue weighted by molar-refractivity contribution is 9.10. The quantitative estimate of drug-likeness (QED) is 0.882. The second-order valence-corrected chi connectivity index (χ2v) is 5.57. The predicted molar refractivity (Wildman–Crippen MR) is 71.6 cm³/mol. The standard InChI is InChI=1S/C10H13BrN2O4S/c1-3-17-10(14)13-18(15,16)12-8-6-4-5-7(2)9(8)11/h4-6,12H,3H2,1-2H3,(H,13,14). The molecule has 6 nitrogen and oxygen atoms in total. The molecule has 1 aromatic carbocycles. The molecule has 0 unspecified atom stereocenters. The van der Waals surface area contributed by atoms with Crippen molar-refractivity contribution in [2.24, 2.45) is 0 Å². The van der Waals surface area contributed by atoms with Crippen molar-refractivity contribution in [1.29, 1.82) is 0 Å². The maximum atomic E-state index is 11.6. The molecule has 0 aliphatic rings. The fourth-order valence-electron chi connectivity index (χ4n) is 1.17. The summed E-state index contributed by atoms with van der Waals surface area (Å²) in [6, 6.07) is 5.09. The highest BCUT2D eigenvalue weighted by Gasteiger charge is 2.16. The van der Waals surface area contributed by atoms with E-state index >= 15 is 0 Å². The van der Waals surface area contributed by atoms with Crippen molar-refractivity contribution in [1.82, 2.24) is 4.72 Å².